The van der Waals surface area contributed by atoms with Gasteiger partial charge in [-0.1, -0.05) is 19.0 Å². The summed E-state index contributed by atoms with van der Waals surface area (Å²) in [7, 11) is 0. The topological polar surface area (TPSA) is 75.8 Å². The van der Waals surface area contributed by atoms with Crippen molar-refractivity contribution in [3.8, 4) is 0 Å². The van der Waals surface area contributed by atoms with Gasteiger partial charge in [0.1, 0.15) is 5.76 Å². The Morgan fingerprint density at radius 3 is 3.05 bits per heavy atom. The van der Waals surface area contributed by atoms with E-state index < -0.39 is 0 Å². The summed E-state index contributed by atoms with van der Waals surface area (Å²) in [6, 6.07) is 1.69. The lowest BCUT2D eigenvalue weighted by atomic mass is 10.1. The fourth-order valence-corrected chi connectivity index (χ4v) is 2.00. The standard InChI is InChI=1S/C13H20N2O4/c1-9(2)12-5-11(14-19-12)13(17)15-3-4-18-8-10(6-15)7-16/h5,9-10,16H,3-4,6-8H2,1-2H3/t10-/m0/s1. The molecule has 2 heterocycles. The maximum atomic E-state index is 12.3. The summed E-state index contributed by atoms with van der Waals surface area (Å²) >= 11 is 0. The Balaban J connectivity index is 2.08. The quantitative estimate of drug-likeness (QED) is 0.880. The fraction of sp³-hybridized carbons (Fsp3) is 0.692. The van der Waals surface area contributed by atoms with Gasteiger partial charge in [-0.3, -0.25) is 4.79 Å². The molecule has 1 atom stereocenters. The molecule has 2 rings (SSSR count). The highest BCUT2D eigenvalue weighted by Crippen LogP contribution is 2.17. The van der Waals surface area contributed by atoms with Crippen LogP contribution in [0.2, 0.25) is 0 Å². The molecule has 1 aromatic rings. The van der Waals surface area contributed by atoms with Crippen molar-refractivity contribution in [3.05, 3.63) is 17.5 Å². The zero-order chi connectivity index (χ0) is 13.8. The van der Waals surface area contributed by atoms with Crippen LogP contribution in [0.5, 0.6) is 0 Å². The molecule has 1 aliphatic heterocycles. The van der Waals surface area contributed by atoms with Crippen molar-refractivity contribution in [3.63, 3.8) is 0 Å². The second-order valence-electron chi connectivity index (χ2n) is 5.14. The van der Waals surface area contributed by atoms with E-state index in [4.69, 9.17) is 9.26 Å². The van der Waals surface area contributed by atoms with Gasteiger partial charge in [0.15, 0.2) is 5.69 Å². The van der Waals surface area contributed by atoms with Crippen LogP contribution < -0.4 is 0 Å². The van der Waals surface area contributed by atoms with Gasteiger partial charge in [-0.15, -0.1) is 0 Å². The third kappa shape index (κ3) is 3.33. The molecule has 0 bridgehead atoms. The lowest BCUT2D eigenvalue weighted by Gasteiger charge is -2.21. The first-order chi connectivity index (χ1) is 9.11. The molecule has 6 heteroatoms. The van der Waals surface area contributed by atoms with Crippen molar-refractivity contribution in [1.29, 1.82) is 0 Å². The van der Waals surface area contributed by atoms with E-state index in [2.05, 4.69) is 5.16 Å². The van der Waals surface area contributed by atoms with E-state index in [1.54, 1.807) is 11.0 Å². The minimum absolute atomic E-state index is 0.0137. The minimum Gasteiger partial charge on any atom is -0.396 e. The summed E-state index contributed by atoms with van der Waals surface area (Å²) < 4.78 is 10.5. The summed E-state index contributed by atoms with van der Waals surface area (Å²) in [4.78, 5) is 14.0. The number of rotatable bonds is 3. The van der Waals surface area contributed by atoms with Crippen molar-refractivity contribution >= 4 is 5.91 Å². The summed E-state index contributed by atoms with van der Waals surface area (Å²) in [5.41, 5.74) is 0.322. The van der Waals surface area contributed by atoms with Gasteiger partial charge in [0.25, 0.3) is 5.91 Å². The average molecular weight is 268 g/mol. The predicted molar refractivity (Wildman–Crippen MR) is 67.9 cm³/mol. The van der Waals surface area contributed by atoms with Crippen molar-refractivity contribution in [2.75, 3.05) is 32.9 Å². The highest BCUT2D eigenvalue weighted by atomic mass is 16.5. The fourth-order valence-electron chi connectivity index (χ4n) is 2.00. The summed E-state index contributed by atoms with van der Waals surface area (Å²) in [6.45, 7) is 5.94. The molecule has 1 amide bonds. The van der Waals surface area contributed by atoms with Gasteiger partial charge in [0.05, 0.1) is 13.2 Å². The zero-order valence-electron chi connectivity index (χ0n) is 11.3. The molecule has 19 heavy (non-hydrogen) atoms. The smallest absolute Gasteiger partial charge is 0.276 e. The molecule has 1 aliphatic rings. The third-order valence-corrected chi connectivity index (χ3v) is 3.20. The monoisotopic (exact) mass is 268 g/mol. The van der Waals surface area contributed by atoms with Crippen LogP contribution in [0.4, 0.5) is 0 Å². The first-order valence-electron chi connectivity index (χ1n) is 6.56. The van der Waals surface area contributed by atoms with E-state index in [1.807, 2.05) is 13.8 Å². The lowest BCUT2D eigenvalue weighted by molar-refractivity contribution is 0.0718. The van der Waals surface area contributed by atoms with E-state index in [9.17, 15) is 9.90 Å². The van der Waals surface area contributed by atoms with Crippen LogP contribution in [-0.4, -0.2) is 54.0 Å². The van der Waals surface area contributed by atoms with Gasteiger partial charge in [0.2, 0.25) is 0 Å². The first-order valence-corrected chi connectivity index (χ1v) is 6.56. The highest BCUT2D eigenvalue weighted by Gasteiger charge is 2.25. The molecule has 0 radical (unpaired) electrons. The number of aliphatic hydroxyl groups excluding tert-OH is 1. The molecule has 0 spiro atoms. The number of carbonyl (C=O) groups is 1. The van der Waals surface area contributed by atoms with E-state index in [0.29, 0.717) is 37.8 Å². The number of nitrogens with zero attached hydrogens (tertiary/aromatic N) is 2. The minimum atomic E-state index is -0.167. The molecule has 1 N–H and O–H groups in total. The van der Waals surface area contributed by atoms with Crippen LogP contribution in [-0.2, 0) is 4.74 Å². The molecule has 1 saturated heterocycles. The van der Waals surface area contributed by atoms with Gasteiger partial charge in [-0.25, -0.2) is 0 Å². The lowest BCUT2D eigenvalue weighted by Crippen LogP contribution is -2.36. The average Bonchev–Trinajstić information content (AvgIpc) is 2.77. The van der Waals surface area contributed by atoms with Crippen molar-refractivity contribution in [2.45, 2.75) is 19.8 Å². The number of ether oxygens (including phenoxy) is 1. The Labute approximate surface area is 112 Å². The second-order valence-corrected chi connectivity index (χ2v) is 5.14. The van der Waals surface area contributed by atoms with Gasteiger partial charge in [-0.2, -0.15) is 0 Å². The molecule has 6 nitrogen and oxygen atoms in total. The number of hydrogen-bond donors (Lipinski definition) is 1. The maximum Gasteiger partial charge on any atom is 0.276 e. The molecule has 0 aromatic carbocycles. The predicted octanol–water partition coefficient (Wildman–Crippen LogP) is 0.879. The Bertz CT molecular complexity index is 430. The van der Waals surface area contributed by atoms with Crippen LogP contribution in [0.15, 0.2) is 10.6 Å². The van der Waals surface area contributed by atoms with E-state index in [-0.39, 0.29) is 24.3 Å². The Morgan fingerprint density at radius 2 is 2.42 bits per heavy atom. The van der Waals surface area contributed by atoms with Crippen LogP contribution in [0.25, 0.3) is 0 Å². The summed E-state index contributed by atoms with van der Waals surface area (Å²) in [5, 5.41) is 13.0. The van der Waals surface area contributed by atoms with Gasteiger partial charge < -0.3 is 19.3 Å². The molecular weight excluding hydrogens is 248 g/mol. The number of amides is 1. The van der Waals surface area contributed by atoms with Crippen LogP contribution in [0.1, 0.15) is 36.0 Å². The Kier molecular flexibility index (Phi) is 4.55. The second kappa shape index (κ2) is 6.16. The van der Waals surface area contributed by atoms with E-state index >= 15 is 0 Å². The van der Waals surface area contributed by atoms with Crippen molar-refractivity contribution < 1.29 is 19.2 Å². The van der Waals surface area contributed by atoms with Crippen molar-refractivity contribution in [1.82, 2.24) is 10.1 Å². The number of hydrogen-bond acceptors (Lipinski definition) is 5. The Hall–Kier alpha value is -1.40. The maximum absolute atomic E-state index is 12.3. The normalized spacial score (nSPS) is 20.6. The molecule has 0 aliphatic carbocycles. The zero-order valence-corrected chi connectivity index (χ0v) is 11.3. The molecule has 1 fully saturated rings. The molecule has 0 saturated carbocycles. The summed E-state index contributed by atoms with van der Waals surface area (Å²) in [5.74, 6) is 0.697. The number of carbonyl (C=O) groups excluding carboxylic acids is 1. The molecule has 1 aromatic heterocycles. The number of aromatic nitrogens is 1. The number of aliphatic hydroxyl groups is 1. The SMILES string of the molecule is CC(C)c1cc(C(=O)N2CCOC[C@H](CO)C2)no1. The highest BCUT2D eigenvalue weighted by molar-refractivity contribution is 5.92. The van der Waals surface area contributed by atoms with Crippen LogP contribution >= 0.6 is 0 Å². The first kappa shape index (κ1) is 14.0. The van der Waals surface area contributed by atoms with Crippen LogP contribution in [0.3, 0.4) is 0 Å². The van der Waals surface area contributed by atoms with E-state index in [1.165, 1.54) is 0 Å². The van der Waals surface area contributed by atoms with Gasteiger partial charge in [0, 0.05) is 37.6 Å². The summed E-state index contributed by atoms with van der Waals surface area (Å²) in [6.07, 6.45) is 0. The van der Waals surface area contributed by atoms with E-state index in [0.717, 1.165) is 0 Å². The molecule has 106 valence electrons. The molecular formula is C13H20N2O4. The van der Waals surface area contributed by atoms with Gasteiger partial charge in [-0.05, 0) is 0 Å². The van der Waals surface area contributed by atoms with Crippen molar-refractivity contribution in [2.24, 2.45) is 5.92 Å². The van der Waals surface area contributed by atoms with Gasteiger partial charge >= 0.3 is 0 Å². The molecule has 0 unspecified atom stereocenters. The Morgan fingerprint density at radius 1 is 1.63 bits per heavy atom. The van der Waals surface area contributed by atoms with Crippen LogP contribution in [0, 0.1) is 5.92 Å². The largest absolute Gasteiger partial charge is 0.396 e. The third-order valence-electron chi connectivity index (χ3n) is 3.20.